The van der Waals surface area contributed by atoms with Crippen molar-refractivity contribution in [3.05, 3.63) is 56.5 Å². The molecule has 1 fully saturated rings. The lowest BCUT2D eigenvalue weighted by Gasteiger charge is -2.29. The minimum atomic E-state index is -0.792. The summed E-state index contributed by atoms with van der Waals surface area (Å²) in [5, 5.41) is 4.31. The number of nitrogens with one attached hydrogen (secondary N) is 3. The summed E-state index contributed by atoms with van der Waals surface area (Å²) in [5.41, 5.74) is 0.684. The van der Waals surface area contributed by atoms with Gasteiger partial charge in [-0.25, -0.2) is 33.9 Å². The van der Waals surface area contributed by atoms with E-state index in [1.54, 1.807) is 12.3 Å². The molecule has 5 rings (SSSR count). The van der Waals surface area contributed by atoms with Crippen molar-refractivity contribution in [2.45, 2.75) is 37.8 Å². The third kappa shape index (κ3) is 3.72. The Bertz CT molecular complexity index is 1370. The Hall–Kier alpha value is -3.47. The topological polar surface area (TPSA) is 134 Å². The molecule has 0 saturated heterocycles. The highest BCUT2D eigenvalue weighted by atomic mass is 35.5. The van der Waals surface area contributed by atoms with Crippen LogP contribution in [0.25, 0.3) is 22.4 Å². The Morgan fingerprint density at radius 2 is 2.13 bits per heavy atom. The van der Waals surface area contributed by atoms with Crippen LogP contribution < -0.4 is 16.8 Å². The van der Waals surface area contributed by atoms with Crippen molar-refractivity contribution in [1.29, 1.82) is 0 Å². The minimum Gasteiger partial charge on any atom is -0.365 e. The molecular formula is C19H17ClFN7O3. The van der Waals surface area contributed by atoms with Crippen LogP contribution in [0.15, 0.2) is 38.8 Å². The predicted octanol–water partition coefficient (Wildman–Crippen LogP) is 2.85. The quantitative estimate of drug-likeness (QED) is 0.439. The maximum atomic E-state index is 14.5. The molecule has 0 spiro atoms. The average molecular weight is 446 g/mol. The van der Waals surface area contributed by atoms with E-state index in [0.29, 0.717) is 34.9 Å². The van der Waals surface area contributed by atoms with E-state index < -0.39 is 17.3 Å². The molecule has 4 heterocycles. The maximum Gasteiger partial charge on any atom is 0.440 e. The van der Waals surface area contributed by atoms with Crippen LogP contribution >= 0.6 is 11.6 Å². The maximum absolute atomic E-state index is 14.5. The molecule has 0 aliphatic heterocycles. The molecule has 4 aromatic heterocycles. The zero-order chi connectivity index (χ0) is 21.5. The molecule has 1 saturated carbocycles. The molecular weight excluding hydrogens is 429 g/mol. The monoisotopic (exact) mass is 445 g/mol. The van der Waals surface area contributed by atoms with Crippen molar-refractivity contribution < 1.29 is 8.91 Å². The van der Waals surface area contributed by atoms with Crippen LogP contribution in [-0.2, 0) is 0 Å². The number of pyridine rings is 1. The number of halogens is 2. The molecule has 0 aromatic carbocycles. The van der Waals surface area contributed by atoms with Crippen LogP contribution in [0.1, 0.15) is 31.7 Å². The van der Waals surface area contributed by atoms with Gasteiger partial charge in [-0.2, -0.15) is 0 Å². The number of aromatic amines is 2. The van der Waals surface area contributed by atoms with Gasteiger partial charge in [0.05, 0.1) is 17.3 Å². The number of rotatable bonds is 4. The van der Waals surface area contributed by atoms with Gasteiger partial charge in [-0.1, -0.05) is 11.6 Å². The Kier molecular flexibility index (Phi) is 4.81. The first-order chi connectivity index (χ1) is 15.0. The van der Waals surface area contributed by atoms with E-state index in [9.17, 15) is 14.0 Å². The summed E-state index contributed by atoms with van der Waals surface area (Å²) >= 11 is 6.05. The molecule has 4 aromatic rings. The van der Waals surface area contributed by atoms with E-state index in [1.807, 2.05) is 0 Å². The summed E-state index contributed by atoms with van der Waals surface area (Å²) < 4.78 is 20.5. The fourth-order valence-electron chi connectivity index (χ4n) is 4.00. The molecule has 1 aliphatic carbocycles. The number of hydrogen-bond donors (Lipinski definition) is 3. The van der Waals surface area contributed by atoms with Crippen LogP contribution in [-0.4, -0.2) is 35.7 Å². The molecule has 12 heteroatoms. The van der Waals surface area contributed by atoms with Gasteiger partial charge in [-0.3, -0.25) is 0 Å². The molecule has 3 N–H and O–H groups in total. The van der Waals surface area contributed by atoms with Gasteiger partial charge in [0.25, 0.3) is 0 Å². The van der Waals surface area contributed by atoms with Crippen molar-refractivity contribution in [3.8, 4) is 11.4 Å². The summed E-state index contributed by atoms with van der Waals surface area (Å²) in [5.74, 6) is -1.01. The second-order valence-electron chi connectivity index (χ2n) is 7.44. The normalized spacial score (nSPS) is 19.0. The number of aromatic nitrogens is 6. The zero-order valence-corrected chi connectivity index (χ0v) is 16.8. The van der Waals surface area contributed by atoms with E-state index in [2.05, 4.69) is 30.2 Å². The molecule has 0 amide bonds. The molecule has 0 bridgehead atoms. The van der Waals surface area contributed by atoms with Gasteiger partial charge in [0.15, 0.2) is 17.5 Å². The Labute approximate surface area is 178 Å². The standard InChI is InChI=1S/C19H17ClFN7O3/c20-9-4-12-13(7-23-15(12)22-6-9)16-24-8-14(21)17(26-16)25-10-2-1-3-11(5-10)28-18(29)27-19(30)31-28/h4,6-8,10-11H,1-3,5H2,(H,22,23)(H,24,25,26)(H,27,29,30)/t10-,11-/m0/s1. The van der Waals surface area contributed by atoms with Gasteiger partial charge in [0.2, 0.25) is 0 Å². The number of anilines is 1. The van der Waals surface area contributed by atoms with E-state index in [0.717, 1.165) is 29.2 Å². The van der Waals surface area contributed by atoms with Crippen LogP contribution in [0.5, 0.6) is 0 Å². The Morgan fingerprint density at radius 1 is 1.26 bits per heavy atom. The van der Waals surface area contributed by atoms with Gasteiger partial charge < -0.3 is 14.8 Å². The van der Waals surface area contributed by atoms with Gasteiger partial charge in [0, 0.05) is 29.4 Å². The number of fused-ring (bicyclic) bond motifs is 1. The SMILES string of the molecule is O=c1[nH]c(=O)n([C@H]2CCC[C@H](Nc3nc(-c4c[nH]c5ncc(Cl)cc45)ncc3F)C2)o1. The number of hydrogen-bond acceptors (Lipinski definition) is 7. The zero-order valence-electron chi connectivity index (χ0n) is 16.1. The summed E-state index contributed by atoms with van der Waals surface area (Å²) in [4.78, 5) is 41.0. The lowest BCUT2D eigenvalue weighted by atomic mass is 9.91. The van der Waals surface area contributed by atoms with Crippen LogP contribution in [0.4, 0.5) is 10.2 Å². The molecule has 160 valence electrons. The minimum absolute atomic E-state index is 0.0582. The van der Waals surface area contributed by atoms with Crippen molar-refractivity contribution >= 4 is 28.5 Å². The predicted molar refractivity (Wildman–Crippen MR) is 111 cm³/mol. The average Bonchev–Trinajstić information content (AvgIpc) is 3.32. The van der Waals surface area contributed by atoms with Crippen molar-refractivity contribution in [2.75, 3.05) is 5.32 Å². The lowest BCUT2D eigenvalue weighted by molar-refractivity contribution is 0.158. The fourth-order valence-corrected chi connectivity index (χ4v) is 4.16. The van der Waals surface area contributed by atoms with Crippen molar-refractivity contribution in [3.63, 3.8) is 0 Å². The second-order valence-corrected chi connectivity index (χ2v) is 7.88. The highest BCUT2D eigenvalue weighted by Gasteiger charge is 2.27. The first-order valence-corrected chi connectivity index (χ1v) is 10.1. The molecule has 31 heavy (non-hydrogen) atoms. The highest BCUT2D eigenvalue weighted by molar-refractivity contribution is 6.31. The van der Waals surface area contributed by atoms with Crippen LogP contribution in [0.3, 0.4) is 0 Å². The highest BCUT2D eigenvalue weighted by Crippen LogP contribution is 2.31. The smallest absolute Gasteiger partial charge is 0.365 e. The first-order valence-electron chi connectivity index (χ1n) is 9.72. The van der Waals surface area contributed by atoms with E-state index in [-0.39, 0.29) is 17.9 Å². The third-order valence-electron chi connectivity index (χ3n) is 5.39. The first kappa shape index (κ1) is 19.5. The summed E-state index contributed by atoms with van der Waals surface area (Å²) in [7, 11) is 0. The second kappa shape index (κ2) is 7.65. The van der Waals surface area contributed by atoms with Crippen LogP contribution in [0, 0.1) is 5.82 Å². The summed E-state index contributed by atoms with van der Waals surface area (Å²) in [6, 6.07) is 1.27. The molecule has 2 atom stereocenters. The van der Waals surface area contributed by atoms with E-state index in [4.69, 9.17) is 16.1 Å². The van der Waals surface area contributed by atoms with Crippen molar-refractivity contribution in [1.82, 2.24) is 29.7 Å². The Balaban J connectivity index is 1.42. The van der Waals surface area contributed by atoms with Gasteiger partial charge in [-0.15, -0.1) is 4.74 Å². The lowest BCUT2D eigenvalue weighted by Crippen LogP contribution is -2.32. The van der Waals surface area contributed by atoms with Gasteiger partial charge >= 0.3 is 11.4 Å². The molecule has 1 aliphatic rings. The largest absolute Gasteiger partial charge is 0.440 e. The number of H-pyrrole nitrogens is 2. The fraction of sp³-hybridized carbons (Fsp3) is 0.316. The third-order valence-corrected chi connectivity index (χ3v) is 5.60. The van der Waals surface area contributed by atoms with Crippen molar-refractivity contribution in [2.24, 2.45) is 0 Å². The van der Waals surface area contributed by atoms with Gasteiger partial charge in [0.1, 0.15) is 5.65 Å². The summed E-state index contributed by atoms with van der Waals surface area (Å²) in [6.45, 7) is 0. The van der Waals surface area contributed by atoms with Gasteiger partial charge in [-0.05, 0) is 31.7 Å². The molecule has 0 unspecified atom stereocenters. The van der Waals surface area contributed by atoms with E-state index in [1.165, 1.54) is 6.20 Å². The van der Waals surface area contributed by atoms with Crippen LogP contribution in [0.2, 0.25) is 5.02 Å². The molecule has 10 nitrogen and oxygen atoms in total. The van der Waals surface area contributed by atoms with E-state index >= 15 is 0 Å². The Morgan fingerprint density at radius 3 is 2.94 bits per heavy atom. The number of nitrogens with zero attached hydrogens (tertiary/aromatic N) is 4. The molecule has 0 radical (unpaired) electrons. The summed E-state index contributed by atoms with van der Waals surface area (Å²) in [6.07, 6.45) is 7.02.